The molecule has 124 valence electrons. The number of hydrogen-bond acceptors (Lipinski definition) is 6. The molecule has 0 saturated heterocycles. The number of esters is 1. The lowest BCUT2D eigenvalue weighted by Gasteiger charge is -2.12. The Morgan fingerprint density at radius 1 is 1.38 bits per heavy atom. The van der Waals surface area contributed by atoms with Crippen molar-refractivity contribution in [2.24, 2.45) is 0 Å². The fourth-order valence-corrected chi connectivity index (χ4v) is 3.42. The van der Waals surface area contributed by atoms with Gasteiger partial charge in [0.25, 0.3) is 5.56 Å². The van der Waals surface area contributed by atoms with Crippen molar-refractivity contribution in [3.63, 3.8) is 0 Å². The summed E-state index contributed by atoms with van der Waals surface area (Å²) in [4.78, 5) is 33.2. The molecule has 2 heterocycles. The second-order valence-electron chi connectivity index (χ2n) is 5.51. The lowest BCUT2D eigenvalue weighted by molar-refractivity contribution is 0.0319. The number of nitrogens with one attached hydrogen (secondary N) is 1. The third kappa shape index (κ3) is 2.90. The zero-order valence-corrected chi connectivity index (χ0v) is 14.2. The molecule has 0 bridgehead atoms. The smallest absolute Gasteiger partial charge is 0.338 e. The van der Waals surface area contributed by atoms with E-state index in [2.05, 4.69) is 9.97 Å². The summed E-state index contributed by atoms with van der Waals surface area (Å²) in [6.45, 7) is 5.46. The molecule has 6 nitrogen and oxygen atoms in total. The van der Waals surface area contributed by atoms with Crippen molar-refractivity contribution >= 4 is 27.5 Å². The van der Waals surface area contributed by atoms with Crippen molar-refractivity contribution in [2.45, 2.75) is 26.9 Å². The minimum absolute atomic E-state index is 0.0189. The minimum atomic E-state index is -0.723. The van der Waals surface area contributed by atoms with Gasteiger partial charge in [0, 0.05) is 4.88 Å². The number of ether oxygens (including phenoxy) is 1. The predicted octanol–water partition coefficient (Wildman–Crippen LogP) is 3.23. The highest BCUT2D eigenvalue weighted by Crippen LogP contribution is 2.27. The van der Waals surface area contributed by atoms with Crippen LogP contribution in [-0.4, -0.2) is 21.0 Å². The fourth-order valence-electron chi connectivity index (χ4n) is 2.38. The zero-order chi connectivity index (χ0) is 17.4. The maximum Gasteiger partial charge on any atom is 0.338 e. The van der Waals surface area contributed by atoms with E-state index in [1.165, 1.54) is 23.5 Å². The standard InChI is InChI=1S/C17H16N2O4S/c1-8-10(3)24-16-13(8)15(21)18-14(19-16)9(2)23-17(22)11-5-4-6-12(20)7-11/h4-7,9,20H,1-3H3,(H,18,19,21). The van der Waals surface area contributed by atoms with Crippen LogP contribution < -0.4 is 5.56 Å². The van der Waals surface area contributed by atoms with E-state index < -0.39 is 12.1 Å². The van der Waals surface area contributed by atoms with E-state index in [1.807, 2.05) is 13.8 Å². The largest absolute Gasteiger partial charge is 0.508 e. The number of phenols is 1. The molecule has 0 radical (unpaired) electrons. The fraction of sp³-hybridized carbons (Fsp3) is 0.235. The van der Waals surface area contributed by atoms with Crippen LogP contribution in [0.2, 0.25) is 0 Å². The number of thiophene rings is 1. The van der Waals surface area contributed by atoms with E-state index in [9.17, 15) is 14.7 Å². The maximum absolute atomic E-state index is 12.3. The SMILES string of the molecule is Cc1sc2nc(C(C)OC(=O)c3cccc(O)c3)[nH]c(=O)c2c1C. The van der Waals surface area contributed by atoms with Gasteiger partial charge in [-0.3, -0.25) is 4.79 Å². The van der Waals surface area contributed by atoms with Crippen LogP contribution in [0.15, 0.2) is 29.1 Å². The van der Waals surface area contributed by atoms with E-state index in [0.29, 0.717) is 16.0 Å². The number of aromatic hydroxyl groups is 1. The summed E-state index contributed by atoms with van der Waals surface area (Å²) in [6, 6.07) is 5.88. The molecule has 0 aliphatic rings. The molecule has 1 aromatic carbocycles. The van der Waals surface area contributed by atoms with Gasteiger partial charge in [0.15, 0.2) is 11.9 Å². The van der Waals surface area contributed by atoms with Crippen molar-refractivity contribution in [2.75, 3.05) is 0 Å². The number of phenolic OH excluding ortho intramolecular Hbond substituents is 1. The Balaban J connectivity index is 1.90. The number of fused-ring (bicyclic) bond motifs is 1. The minimum Gasteiger partial charge on any atom is -0.508 e. The monoisotopic (exact) mass is 344 g/mol. The number of nitrogens with zero attached hydrogens (tertiary/aromatic N) is 1. The van der Waals surface area contributed by atoms with Gasteiger partial charge in [0.1, 0.15) is 10.6 Å². The summed E-state index contributed by atoms with van der Waals surface area (Å²) in [6.07, 6.45) is -0.723. The van der Waals surface area contributed by atoms with Crippen LogP contribution in [0.4, 0.5) is 0 Å². The van der Waals surface area contributed by atoms with Gasteiger partial charge < -0.3 is 14.8 Å². The number of carbonyl (C=O) groups is 1. The van der Waals surface area contributed by atoms with E-state index >= 15 is 0 Å². The second kappa shape index (κ2) is 6.09. The highest BCUT2D eigenvalue weighted by molar-refractivity contribution is 7.18. The van der Waals surface area contributed by atoms with Crippen LogP contribution in [0.1, 0.15) is 39.7 Å². The van der Waals surface area contributed by atoms with Crippen LogP contribution >= 0.6 is 11.3 Å². The Labute approximate surface area is 141 Å². The molecule has 0 spiro atoms. The number of aromatic nitrogens is 2. The lowest BCUT2D eigenvalue weighted by atomic mass is 10.2. The molecule has 3 aromatic rings. The molecule has 0 saturated carbocycles. The number of carbonyl (C=O) groups excluding carboxylic acids is 1. The molecule has 1 atom stereocenters. The van der Waals surface area contributed by atoms with Crippen molar-refractivity contribution in [3.05, 3.63) is 56.4 Å². The van der Waals surface area contributed by atoms with Gasteiger partial charge in [-0.25, -0.2) is 9.78 Å². The molecule has 3 rings (SSSR count). The molecule has 0 amide bonds. The molecule has 7 heteroatoms. The van der Waals surface area contributed by atoms with E-state index in [1.54, 1.807) is 19.1 Å². The first kappa shape index (κ1) is 16.2. The molecule has 24 heavy (non-hydrogen) atoms. The van der Waals surface area contributed by atoms with Crippen molar-refractivity contribution in [1.82, 2.24) is 9.97 Å². The Morgan fingerprint density at radius 2 is 2.12 bits per heavy atom. The molecule has 2 N–H and O–H groups in total. The van der Waals surface area contributed by atoms with Crippen LogP contribution in [-0.2, 0) is 4.74 Å². The number of hydrogen-bond donors (Lipinski definition) is 2. The zero-order valence-electron chi connectivity index (χ0n) is 13.4. The molecular weight excluding hydrogens is 328 g/mol. The average molecular weight is 344 g/mol. The third-order valence-corrected chi connectivity index (χ3v) is 4.91. The first-order chi connectivity index (χ1) is 11.4. The van der Waals surface area contributed by atoms with Crippen LogP contribution in [0.3, 0.4) is 0 Å². The Kier molecular flexibility index (Phi) is 4.11. The van der Waals surface area contributed by atoms with Crippen LogP contribution in [0.5, 0.6) is 5.75 Å². The molecule has 0 aliphatic heterocycles. The summed E-state index contributed by atoms with van der Waals surface area (Å²) in [5, 5.41) is 10.0. The Morgan fingerprint density at radius 3 is 2.83 bits per heavy atom. The Bertz CT molecular complexity index is 990. The first-order valence-corrected chi connectivity index (χ1v) is 8.18. The maximum atomic E-state index is 12.3. The molecule has 0 fully saturated rings. The number of H-pyrrole nitrogens is 1. The highest BCUT2D eigenvalue weighted by Gasteiger charge is 2.19. The number of benzene rings is 1. The van der Waals surface area contributed by atoms with Crippen molar-refractivity contribution < 1.29 is 14.6 Å². The number of rotatable bonds is 3. The topological polar surface area (TPSA) is 92.3 Å². The first-order valence-electron chi connectivity index (χ1n) is 7.36. The highest BCUT2D eigenvalue weighted by atomic mass is 32.1. The molecular formula is C17H16N2O4S. The number of aryl methyl sites for hydroxylation is 2. The van der Waals surface area contributed by atoms with Gasteiger partial charge in [-0.2, -0.15) is 0 Å². The average Bonchev–Trinajstić information content (AvgIpc) is 2.82. The molecule has 1 unspecified atom stereocenters. The Hall–Kier alpha value is -2.67. The summed E-state index contributed by atoms with van der Waals surface area (Å²) in [5.41, 5.74) is 0.907. The molecule has 0 aliphatic carbocycles. The predicted molar refractivity (Wildman–Crippen MR) is 91.7 cm³/mol. The third-order valence-electron chi connectivity index (χ3n) is 3.81. The van der Waals surface area contributed by atoms with Gasteiger partial charge in [0.2, 0.25) is 0 Å². The van der Waals surface area contributed by atoms with Crippen molar-refractivity contribution in [1.29, 1.82) is 0 Å². The number of aromatic amines is 1. The lowest BCUT2D eigenvalue weighted by Crippen LogP contribution is -2.17. The van der Waals surface area contributed by atoms with E-state index in [4.69, 9.17) is 4.74 Å². The van der Waals surface area contributed by atoms with Crippen LogP contribution in [0.25, 0.3) is 10.2 Å². The second-order valence-corrected chi connectivity index (χ2v) is 6.72. The van der Waals surface area contributed by atoms with Crippen molar-refractivity contribution in [3.8, 4) is 5.75 Å². The van der Waals surface area contributed by atoms with Crippen LogP contribution in [0, 0.1) is 13.8 Å². The van der Waals surface area contributed by atoms with Gasteiger partial charge >= 0.3 is 5.97 Å². The normalized spacial score (nSPS) is 12.3. The van der Waals surface area contributed by atoms with Gasteiger partial charge in [-0.15, -0.1) is 11.3 Å². The van der Waals surface area contributed by atoms with Gasteiger partial charge in [0.05, 0.1) is 10.9 Å². The summed E-state index contributed by atoms with van der Waals surface area (Å²) < 4.78 is 5.34. The quantitative estimate of drug-likeness (QED) is 0.712. The van der Waals surface area contributed by atoms with Gasteiger partial charge in [-0.05, 0) is 44.5 Å². The van der Waals surface area contributed by atoms with Gasteiger partial charge in [-0.1, -0.05) is 6.07 Å². The summed E-state index contributed by atoms with van der Waals surface area (Å²) in [7, 11) is 0. The molecule has 2 aromatic heterocycles. The summed E-state index contributed by atoms with van der Waals surface area (Å²) in [5.74, 6) is -0.323. The summed E-state index contributed by atoms with van der Waals surface area (Å²) >= 11 is 1.44. The van der Waals surface area contributed by atoms with E-state index in [0.717, 1.165) is 10.4 Å². The van der Waals surface area contributed by atoms with E-state index in [-0.39, 0.29) is 16.9 Å².